The van der Waals surface area contributed by atoms with Crippen molar-refractivity contribution < 1.29 is 28.5 Å². The fraction of sp³-hybridized carbons (Fsp3) is 0.857. The van der Waals surface area contributed by atoms with E-state index in [1.165, 1.54) is 19.1 Å². The summed E-state index contributed by atoms with van der Waals surface area (Å²) in [6, 6.07) is 0.227. The Labute approximate surface area is 132 Å². The van der Waals surface area contributed by atoms with Crippen molar-refractivity contribution >= 4 is 20.1 Å². The van der Waals surface area contributed by atoms with Crippen molar-refractivity contribution in [1.82, 2.24) is 4.90 Å². The van der Waals surface area contributed by atoms with Crippen LogP contribution in [0.25, 0.3) is 0 Å². The van der Waals surface area contributed by atoms with E-state index >= 15 is 0 Å². The Morgan fingerprint density at radius 2 is 1.91 bits per heavy atom. The molecule has 1 amide bonds. The minimum atomic E-state index is -1.27. The lowest BCUT2D eigenvalue weighted by Gasteiger charge is -2.23. The molecule has 1 fully saturated rings. The zero-order valence-electron chi connectivity index (χ0n) is 14.1. The molecule has 0 spiro atoms. The average molecular weight is 333 g/mol. The first-order chi connectivity index (χ1) is 10.3. The van der Waals surface area contributed by atoms with Gasteiger partial charge >= 0.3 is 12.1 Å². The minimum Gasteiger partial charge on any atom is -0.467 e. The van der Waals surface area contributed by atoms with Crippen molar-refractivity contribution in [2.75, 3.05) is 34.2 Å². The van der Waals surface area contributed by atoms with E-state index in [0.717, 1.165) is 6.04 Å². The fourth-order valence-electron chi connectivity index (χ4n) is 2.17. The molecular formula is C14H27NO6Si. The first kappa shape index (κ1) is 18.9. The second kappa shape index (κ2) is 8.49. The molecule has 0 aromatic heterocycles. The number of hydrogen-bond acceptors (Lipinski definition) is 6. The molecule has 0 aromatic carbocycles. The van der Waals surface area contributed by atoms with Crippen LogP contribution in [0.1, 0.15) is 6.42 Å². The summed E-state index contributed by atoms with van der Waals surface area (Å²) in [5.41, 5.74) is 0. The quantitative estimate of drug-likeness (QED) is 0.401. The van der Waals surface area contributed by atoms with Gasteiger partial charge in [-0.05, 0) is 6.04 Å². The molecule has 1 saturated heterocycles. The largest absolute Gasteiger partial charge is 0.467 e. The molecule has 0 saturated carbocycles. The standard InChI is InChI=1S/C14H27NO6Si/c1-18-10-21-11-8-12(13(16)19-2)15(9-11)14(17)20-6-7-22(3,4)5/h11-12H,6-10H2,1-5H3/t11-,12-/m0/s1. The lowest BCUT2D eigenvalue weighted by Crippen LogP contribution is -2.42. The third kappa shape index (κ3) is 5.94. The molecular weight excluding hydrogens is 306 g/mol. The maximum Gasteiger partial charge on any atom is 0.410 e. The molecule has 1 rings (SSSR count). The van der Waals surface area contributed by atoms with E-state index in [4.69, 9.17) is 18.9 Å². The van der Waals surface area contributed by atoms with Crippen molar-refractivity contribution in [2.45, 2.75) is 44.3 Å². The number of ether oxygens (including phenoxy) is 4. The van der Waals surface area contributed by atoms with Crippen LogP contribution in [0.15, 0.2) is 0 Å². The fourth-order valence-corrected chi connectivity index (χ4v) is 2.89. The third-order valence-corrected chi connectivity index (χ3v) is 5.17. The smallest absolute Gasteiger partial charge is 0.410 e. The topological polar surface area (TPSA) is 74.3 Å². The molecule has 7 nitrogen and oxygen atoms in total. The van der Waals surface area contributed by atoms with Gasteiger partial charge in [0, 0.05) is 21.6 Å². The number of carbonyl (C=O) groups is 2. The monoisotopic (exact) mass is 333 g/mol. The van der Waals surface area contributed by atoms with Crippen LogP contribution in [0.2, 0.25) is 25.7 Å². The van der Waals surface area contributed by atoms with Gasteiger partial charge in [-0.1, -0.05) is 19.6 Å². The van der Waals surface area contributed by atoms with Gasteiger partial charge in [-0.2, -0.15) is 0 Å². The van der Waals surface area contributed by atoms with E-state index in [1.807, 2.05) is 0 Å². The Bertz CT molecular complexity index is 384. The molecule has 8 heteroatoms. The summed E-state index contributed by atoms with van der Waals surface area (Å²) in [7, 11) is 1.56. The molecule has 0 aliphatic carbocycles. The van der Waals surface area contributed by atoms with E-state index in [1.54, 1.807) is 0 Å². The molecule has 0 radical (unpaired) electrons. The van der Waals surface area contributed by atoms with Crippen LogP contribution < -0.4 is 0 Å². The Morgan fingerprint density at radius 3 is 2.45 bits per heavy atom. The Morgan fingerprint density at radius 1 is 1.23 bits per heavy atom. The lowest BCUT2D eigenvalue weighted by molar-refractivity contribution is -0.145. The van der Waals surface area contributed by atoms with Crippen molar-refractivity contribution in [3.63, 3.8) is 0 Å². The summed E-state index contributed by atoms with van der Waals surface area (Å²) in [6.45, 7) is 7.43. The van der Waals surface area contributed by atoms with Crippen molar-refractivity contribution in [1.29, 1.82) is 0 Å². The van der Waals surface area contributed by atoms with E-state index in [2.05, 4.69) is 19.6 Å². The molecule has 2 atom stereocenters. The second-order valence-corrected chi connectivity index (χ2v) is 12.2. The third-order valence-electron chi connectivity index (χ3n) is 3.47. The average Bonchev–Trinajstić information content (AvgIpc) is 2.87. The predicted molar refractivity (Wildman–Crippen MR) is 83.4 cm³/mol. The number of esters is 1. The molecule has 128 valence electrons. The molecule has 0 unspecified atom stereocenters. The van der Waals surface area contributed by atoms with Gasteiger partial charge in [-0.3, -0.25) is 4.90 Å². The van der Waals surface area contributed by atoms with Gasteiger partial charge in [0.2, 0.25) is 0 Å². The van der Waals surface area contributed by atoms with Crippen LogP contribution in [-0.4, -0.2) is 71.3 Å². The predicted octanol–water partition coefficient (Wildman–Crippen LogP) is 1.70. The van der Waals surface area contributed by atoms with Crippen LogP contribution in [0.4, 0.5) is 4.79 Å². The minimum absolute atomic E-state index is 0.122. The Hall–Kier alpha value is -1.12. The summed E-state index contributed by atoms with van der Waals surface area (Å²) in [5, 5.41) is 0. The number of hydrogen-bond donors (Lipinski definition) is 0. The van der Waals surface area contributed by atoms with E-state index in [-0.39, 0.29) is 12.9 Å². The molecule has 0 bridgehead atoms. The normalized spacial score (nSPS) is 21.8. The van der Waals surface area contributed by atoms with Gasteiger partial charge < -0.3 is 18.9 Å². The van der Waals surface area contributed by atoms with Crippen LogP contribution in [0.3, 0.4) is 0 Å². The van der Waals surface area contributed by atoms with Gasteiger partial charge in [0.05, 0.1) is 26.4 Å². The SMILES string of the molecule is COCO[C@H]1C[C@@H](C(=O)OC)N(C(=O)OCC[Si](C)(C)C)C1. The number of nitrogens with zero attached hydrogens (tertiary/aromatic N) is 1. The van der Waals surface area contributed by atoms with Gasteiger partial charge in [-0.15, -0.1) is 0 Å². The van der Waals surface area contributed by atoms with Gasteiger partial charge in [0.1, 0.15) is 12.8 Å². The van der Waals surface area contributed by atoms with Gasteiger partial charge in [0.15, 0.2) is 0 Å². The van der Waals surface area contributed by atoms with E-state index in [9.17, 15) is 9.59 Å². The Balaban J connectivity index is 2.59. The van der Waals surface area contributed by atoms with Crippen LogP contribution in [-0.2, 0) is 23.7 Å². The first-order valence-electron chi connectivity index (χ1n) is 7.40. The van der Waals surface area contributed by atoms with E-state index in [0.29, 0.717) is 19.6 Å². The highest BCUT2D eigenvalue weighted by Crippen LogP contribution is 2.23. The highest BCUT2D eigenvalue weighted by molar-refractivity contribution is 6.76. The van der Waals surface area contributed by atoms with Crippen LogP contribution in [0, 0.1) is 0 Å². The highest BCUT2D eigenvalue weighted by Gasteiger charge is 2.41. The van der Waals surface area contributed by atoms with Crippen molar-refractivity contribution in [2.24, 2.45) is 0 Å². The summed E-state index contributed by atoms with van der Waals surface area (Å²) in [5.74, 6) is -0.453. The number of methoxy groups -OCH3 is 2. The summed E-state index contributed by atoms with van der Waals surface area (Å²) >= 11 is 0. The summed E-state index contributed by atoms with van der Waals surface area (Å²) in [4.78, 5) is 25.4. The van der Waals surface area contributed by atoms with Crippen molar-refractivity contribution in [3.05, 3.63) is 0 Å². The molecule has 1 aliphatic heterocycles. The lowest BCUT2D eigenvalue weighted by atomic mass is 10.2. The second-order valence-electron chi connectivity index (χ2n) is 6.55. The molecule has 22 heavy (non-hydrogen) atoms. The number of likely N-dealkylation sites (tertiary alicyclic amines) is 1. The first-order valence-corrected chi connectivity index (χ1v) is 11.1. The molecule has 1 aliphatic rings. The number of rotatable bonds is 7. The van der Waals surface area contributed by atoms with Crippen LogP contribution >= 0.6 is 0 Å². The van der Waals surface area contributed by atoms with Gasteiger partial charge in [0.25, 0.3) is 0 Å². The zero-order chi connectivity index (χ0) is 16.8. The Kier molecular flexibility index (Phi) is 7.31. The highest BCUT2D eigenvalue weighted by atomic mass is 28.3. The number of amides is 1. The maximum absolute atomic E-state index is 12.2. The van der Waals surface area contributed by atoms with Crippen molar-refractivity contribution in [3.8, 4) is 0 Å². The summed E-state index contributed by atoms with van der Waals surface area (Å²) < 4.78 is 20.4. The van der Waals surface area contributed by atoms with Gasteiger partial charge in [-0.25, -0.2) is 9.59 Å². The maximum atomic E-state index is 12.2. The zero-order valence-corrected chi connectivity index (χ0v) is 15.1. The number of carbonyl (C=O) groups excluding carboxylic acids is 2. The molecule has 0 N–H and O–H groups in total. The molecule has 0 aromatic rings. The van der Waals surface area contributed by atoms with E-state index < -0.39 is 26.2 Å². The summed E-state index contributed by atoms with van der Waals surface area (Å²) in [6.07, 6.45) is -0.357. The molecule has 1 heterocycles. The van der Waals surface area contributed by atoms with Crippen LogP contribution in [0.5, 0.6) is 0 Å².